The number of nitrogens with zero attached hydrogens (tertiary/aromatic N) is 2. The zero-order chi connectivity index (χ0) is 21.8. The Bertz CT molecular complexity index is 1190. The van der Waals surface area contributed by atoms with E-state index in [9.17, 15) is 18.0 Å². The highest BCUT2D eigenvalue weighted by atomic mass is 32.1. The molecule has 1 amide bonds. The molecule has 8 heteroatoms. The molecule has 0 fully saturated rings. The molecule has 0 saturated carbocycles. The summed E-state index contributed by atoms with van der Waals surface area (Å²) in [7, 11) is 0. The first-order chi connectivity index (χ1) is 14.8. The molecule has 2 aliphatic rings. The summed E-state index contributed by atoms with van der Waals surface area (Å²) >= 11 is 0.990. The minimum atomic E-state index is -4.55. The first-order valence-corrected chi connectivity index (χ1v) is 11.3. The van der Waals surface area contributed by atoms with Gasteiger partial charge in [0.05, 0.1) is 11.3 Å². The van der Waals surface area contributed by atoms with Crippen molar-refractivity contribution in [3.8, 4) is 0 Å². The largest absolute Gasteiger partial charge is 0.417 e. The van der Waals surface area contributed by atoms with Crippen LogP contribution in [-0.4, -0.2) is 22.3 Å². The van der Waals surface area contributed by atoms with Crippen LogP contribution in [0.3, 0.4) is 0 Å². The Hall–Kier alpha value is -2.61. The smallest absolute Gasteiger partial charge is 0.397 e. The Kier molecular flexibility index (Phi) is 4.92. The zero-order valence-electron chi connectivity index (χ0n) is 16.9. The van der Waals surface area contributed by atoms with Crippen LogP contribution in [0.1, 0.15) is 56.9 Å². The van der Waals surface area contributed by atoms with Gasteiger partial charge in [-0.3, -0.25) is 4.79 Å². The highest BCUT2D eigenvalue weighted by molar-refractivity contribution is 7.21. The van der Waals surface area contributed by atoms with Gasteiger partial charge in [0.25, 0.3) is 5.91 Å². The number of fused-ring (bicyclic) bond motifs is 3. The standard InChI is InChI=1S/C23H22F3N3OS/c24-23(25,26)18-15-8-2-1-3-9-16(15)28-21-17(18)19(27)20(31-21)22(30)29-11-10-13-6-4-5-7-14(13)12-29/h4-7H,1-3,8-12,27H2. The lowest BCUT2D eigenvalue weighted by Crippen LogP contribution is -2.35. The monoisotopic (exact) mass is 445 g/mol. The number of hydrogen-bond acceptors (Lipinski definition) is 4. The Morgan fingerprint density at radius 1 is 1.06 bits per heavy atom. The molecule has 0 bridgehead atoms. The fraction of sp³-hybridized carbons (Fsp3) is 0.391. The van der Waals surface area contributed by atoms with Gasteiger partial charge in [0.15, 0.2) is 0 Å². The SMILES string of the molecule is Nc1c(C(=O)N2CCc3ccccc3C2)sc2nc3c(c(C(F)(F)F)c12)CCCCC3. The number of rotatable bonds is 1. The minimum Gasteiger partial charge on any atom is -0.397 e. The number of carbonyl (C=O) groups excluding carboxylic acids is 1. The maximum Gasteiger partial charge on any atom is 0.417 e. The molecule has 0 unspecified atom stereocenters. The average molecular weight is 446 g/mol. The molecule has 1 aliphatic carbocycles. The molecule has 31 heavy (non-hydrogen) atoms. The molecule has 0 saturated heterocycles. The average Bonchev–Trinajstić information content (AvgIpc) is 2.91. The van der Waals surface area contributed by atoms with E-state index in [-0.39, 0.29) is 32.3 Å². The Labute approximate surface area is 181 Å². The second-order valence-electron chi connectivity index (χ2n) is 8.24. The van der Waals surface area contributed by atoms with E-state index < -0.39 is 11.7 Å². The van der Waals surface area contributed by atoms with Crippen molar-refractivity contribution >= 4 is 33.1 Å². The summed E-state index contributed by atoms with van der Waals surface area (Å²) in [5.74, 6) is -0.321. The second-order valence-corrected chi connectivity index (χ2v) is 9.24. The van der Waals surface area contributed by atoms with Gasteiger partial charge in [-0.05, 0) is 48.8 Å². The molecule has 0 atom stereocenters. The van der Waals surface area contributed by atoms with Crippen molar-refractivity contribution in [2.45, 2.75) is 51.2 Å². The first kappa shape index (κ1) is 20.3. The Balaban J connectivity index is 1.61. The van der Waals surface area contributed by atoms with Gasteiger partial charge in [0.1, 0.15) is 9.71 Å². The number of anilines is 1. The number of benzene rings is 1. The summed E-state index contributed by atoms with van der Waals surface area (Å²) in [5.41, 5.74) is 8.47. The van der Waals surface area contributed by atoms with Crippen molar-refractivity contribution in [3.63, 3.8) is 0 Å². The van der Waals surface area contributed by atoms with E-state index in [1.165, 1.54) is 5.56 Å². The topological polar surface area (TPSA) is 59.2 Å². The lowest BCUT2D eigenvalue weighted by molar-refractivity contribution is -0.136. The molecule has 3 aromatic rings. The quantitative estimate of drug-likeness (QED) is 0.513. The number of nitrogens with two attached hydrogens (primary N) is 1. The highest BCUT2D eigenvalue weighted by Gasteiger charge is 2.40. The number of halogens is 3. The van der Waals surface area contributed by atoms with Crippen molar-refractivity contribution in [3.05, 3.63) is 57.1 Å². The van der Waals surface area contributed by atoms with Gasteiger partial charge in [-0.1, -0.05) is 30.7 Å². The van der Waals surface area contributed by atoms with Crippen LogP contribution in [0, 0.1) is 0 Å². The number of thiophene rings is 1. The van der Waals surface area contributed by atoms with E-state index in [0.29, 0.717) is 44.5 Å². The predicted molar refractivity (Wildman–Crippen MR) is 115 cm³/mol. The number of alkyl halides is 3. The lowest BCUT2D eigenvalue weighted by atomic mass is 9.97. The van der Waals surface area contributed by atoms with Gasteiger partial charge in [0.2, 0.25) is 0 Å². The molecule has 0 radical (unpaired) electrons. The van der Waals surface area contributed by atoms with Gasteiger partial charge in [-0.25, -0.2) is 4.98 Å². The molecule has 1 aliphatic heterocycles. The summed E-state index contributed by atoms with van der Waals surface area (Å²) in [5, 5.41) is -0.0982. The fourth-order valence-corrected chi connectivity index (χ4v) is 5.86. The van der Waals surface area contributed by atoms with Crippen LogP contribution in [0.2, 0.25) is 0 Å². The summed E-state index contributed by atoms with van der Waals surface area (Å²) in [4.78, 5) is 19.9. The van der Waals surface area contributed by atoms with Crippen LogP contribution in [-0.2, 0) is 32.0 Å². The van der Waals surface area contributed by atoms with Crippen molar-refractivity contribution in [2.75, 3.05) is 12.3 Å². The molecule has 2 N–H and O–H groups in total. The third kappa shape index (κ3) is 3.46. The normalized spacial score (nSPS) is 16.7. The maximum atomic E-state index is 14.2. The summed E-state index contributed by atoms with van der Waals surface area (Å²) < 4.78 is 42.5. The van der Waals surface area contributed by atoms with Crippen LogP contribution in [0.4, 0.5) is 18.9 Å². The molecular weight excluding hydrogens is 423 g/mol. The van der Waals surface area contributed by atoms with Crippen LogP contribution in [0.25, 0.3) is 10.2 Å². The second kappa shape index (κ2) is 7.51. The summed E-state index contributed by atoms with van der Waals surface area (Å²) in [6, 6.07) is 7.91. The highest BCUT2D eigenvalue weighted by Crippen LogP contribution is 2.46. The number of pyridine rings is 1. The molecule has 5 rings (SSSR count). The first-order valence-electron chi connectivity index (χ1n) is 10.5. The third-order valence-corrected chi connectivity index (χ3v) is 7.39. The van der Waals surface area contributed by atoms with Crippen LogP contribution < -0.4 is 5.73 Å². The van der Waals surface area contributed by atoms with Crippen LogP contribution in [0.15, 0.2) is 24.3 Å². The number of aromatic nitrogens is 1. The van der Waals surface area contributed by atoms with Crippen LogP contribution >= 0.6 is 11.3 Å². The Morgan fingerprint density at radius 2 is 1.81 bits per heavy atom. The Morgan fingerprint density at radius 3 is 2.58 bits per heavy atom. The van der Waals surface area contributed by atoms with E-state index in [2.05, 4.69) is 4.98 Å². The molecule has 1 aromatic carbocycles. The van der Waals surface area contributed by atoms with E-state index in [1.54, 1.807) is 4.90 Å². The maximum absolute atomic E-state index is 14.2. The molecule has 0 spiro atoms. The van der Waals surface area contributed by atoms with Gasteiger partial charge in [-0.15, -0.1) is 11.3 Å². The third-order valence-electron chi connectivity index (χ3n) is 6.30. The number of amides is 1. The minimum absolute atomic E-state index is 0.0873. The van der Waals surface area contributed by atoms with Crippen molar-refractivity contribution < 1.29 is 18.0 Å². The zero-order valence-corrected chi connectivity index (χ0v) is 17.7. The van der Waals surface area contributed by atoms with Gasteiger partial charge < -0.3 is 10.6 Å². The van der Waals surface area contributed by atoms with Gasteiger partial charge >= 0.3 is 6.18 Å². The fourth-order valence-electron chi connectivity index (χ4n) is 4.77. The van der Waals surface area contributed by atoms with Crippen molar-refractivity contribution in [2.24, 2.45) is 0 Å². The van der Waals surface area contributed by atoms with Gasteiger partial charge in [-0.2, -0.15) is 13.2 Å². The molecule has 4 nitrogen and oxygen atoms in total. The van der Waals surface area contributed by atoms with E-state index >= 15 is 0 Å². The van der Waals surface area contributed by atoms with Crippen molar-refractivity contribution in [1.82, 2.24) is 9.88 Å². The number of carbonyl (C=O) groups is 1. The molecular formula is C23H22F3N3OS. The van der Waals surface area contributed by atoms with Crippen LogP contribution in [0.5, 0.6) is 0 Å². The van der Waals surface area contributed by atoms with E-state index in [1.807, 2.05) is 24.3 Å². The van der Waals surface area contributed by atoms with E-state index in [0.717, 1.165) is 29.7 Å². The number of hydrogen-bond donors (Lipinski definition) is 1. The lowest BCUT2D eigenvalue weighted by Gasteiger charge is -2.28. The predicted octanol–water partition coefficient (Wildman–Crippen LogP) is 5.36. The van der Waals surface area contributed by atoms with E-state index in [4.69, 9.17) is 5.73 Å². The number of nitrogen functional groups attached to an aromatic ring is 1. The molecule has 162 valence electrons. The summed E-state index contributed by atoms with van der Waals surface area (Å²) in [6.45, 7) is 0.943. The number of aryl methyl sites for hydroxylation is 1. The van der Waals surface area contributed by atoms with Crippen molar-refractivity contribution in [1.29, 1.82) is 0 Å². The summed E-state index contributed by atoms with van der Waals surface area (Å²) in [6.07, 6.45) is -0.554. The molecule has 3 heterocycles. The van der Waals surface area contributed by atoms with Gasteiger partial charge in [0, 0.05) is 24.2 Å². The molecule has 2 aromatic heterocycles.